The number of hydrogen-bond donors (Lipinski definition) is 0. The zero-order chi connectivity index (χ0) is 35.0. The third-order valence-electron chi connectivity index (χ3n) is 10.2. The summed E-state index contributed by atoms with van der Waals surface area (Å²) in [7, 11) is 0. The summed E-state index contributed by atoms with van der Waals surface area (Å²) in [4.78, 5) is 2.49. The lowest BCUT2D eigenvalue weighted by atomic mass is 10.1. The van der Waals surface area contributed by atoms with E-state index in [0.717, 1.165) is 33.0 Å². The van der Waals surface area contributed by atoms with E-state index in [0.29, 0.717) is 0 Å². The van der Waals surface area contributed by atoms with Gasteiger partial charge in [-0.2, -0.15) is 0 Å². The Hall–Kier alpha value is -3.71. The van der Waals surface area contributed by atoms with E-state index in [4.69, 9.17) is 35.4 Å². The van der Waals surface area contributed by atoms with Crippen LogP contribution < -0.4 is 52.6 Å². The van der Waals surface area contributed by atoms with Crippen molar-refractivity contribution in [1.29, 1.82) is 0 Å². The monoisotopic (exact) mass is 765 g/mol. The lowest BCUT2D eigenvalue weighted by Crippen LogP contribution is -2.47. The highest BCUT2D eigenvalue weighted by molar-refractivity contribution is 8.27. The molecule has 9 rings (SSSR count). The Bertz CT molecular complexity index is 2470. The molecular weight excluding hydrogens is 732 g/mol. The summed E-state index contributed by atoms with van der Waals surface area (Å²) < 4.78 is 0. The van der Waals surface area contributed by atoms with Gasteiger partial charge in [0.2, 0.25) is 0 Å². The van der Waals surface area contributed by atoms with Gasteiger partial charge < -0.3 is 4.90 Å². The van der Waals surface area contributed by atoms with Crippen LogP contribution in [0.2, 0.25) is 0 Å². The predicted molar refractivity (Wildman–Crippen MR) is 236 cm³/mol. The molecule has 0 saturated heterocycles. The molecule has 0 radical (unpaired) electrons. The Kier molecular flexibility index (Phi) is 8.10. The van der Waals surface area contributed by atoms with Crippen LogP contribution in [-0.4, -0.2) is 0 Å². The zero-order valence-corrected chi connectivity index (χ0v) is 33.3. The van der Waals surface area contributed by atoms with Crippen LogP contribution in [0.1, 0.15) is 11.1 Å². The summed E-state index contributed by atoms with van der Waals surface area (Å²) in [6, 6.07) is 53.8. The first-order valence-corrected chi connectivity index (χ1v) is 25.4. The van der Waals surface area contributed by atoms with Gasteiger partial charge in [0, 0.05) is 39.3 Å². The van der Waals surface area contributed by atoms with Crippen LogP contribution >= 0.6 is 18.1 Å². The average molecular weight is 766 g/mol. The van der Waals surface area contributed by atoms with Crippen molar-refractivity contribution in [2.24, 2.45) is 0 Å². The molecule has 7 aromatic carbocycles. The number of benzene rings is 7. The van der Waals surface area contributed by atoms with E-state index in [1.807, 2.05) is 0 Å². The summed E-state index contributed by atoms with van der Waals surface area (Å²) >= 11 is 21.6. The van der Waals surface area contributed by atoms with Crippen LogP contribution in [0, 0.1) is 13.8 Å². The Morgan fingerprint density at radius 3 is 1.20 bits per heavy atom. The molecular formula is C44H34NP3S3. The highest BCUT2D eigenvalue weighted by atomic mass is 32.4. The largest absolute Gasteiger partial charge is 0.308 e. The van der Waals surface area contributed by atoms with Crippen LogP contribution in [-0.2, 0) is 35.4 Å². The lowest BCUT2D eigenvalue weighted by Gasteiger charge is -2.47. The van der Waals surface area contributed by atoms with E-state index >= 15 is 0 Å². The van der Waals surface area contributed by atoms with Gasteiger partial charge in [-0.3, -0.25) is 0 Å². The van der Waals surface area contributed by atoms with E-state index < -0.39 is 18.1 Å². The third kappa shape index (κ3) is 4.89. The van der Waals surface area contributed by atoms with Crippen molar-refractivity contribution in [3.05, 3.63) is 181 Å². The molecule has 0 bridgehead atoms. The van der Waals surface area contributed by atoms with Gasteiger partial charge in [-0.25, -0.2) is 0 Å². The molecule has 2 aliphatic heterocycles. The highest BCUT2D eigenvalue weighted by Gasteiger charge is 2.47. The zero-order valence-electron chi connectivity index (χ0n) is 28.2. The summed E-state index contributed by atoms with van der Waals surface area (Å²) in [6.45, 7) is 4.35. The lowest BCUT2D eigenvalue weighted by molar-refractivity contribution is 1.30. The molecule has 0 aliphatic carbocycles. The summed E-state index contributed by atoms with van der Waals surface area (Å²) in [6.07, 6.45) is 0. The van der Waals surface area contributed by atoms with Gasteiger partial charge in [0.15, 0.2) is 0 Å². The molecule has 2 unspecified atom stereocenters. The second-order valence-electron chi connectivity index (χ2n) is 13.3. The van der Waals surface area contributed by atoms with Crippen LogP contribution in [0.4, 0.5) is 17.1 Å². The van der Waals surface area contributed by atoms with E-state index in [2.05, 4.69) is 189 Å². The van der Waals surface area contributed by atoms with Crippen LogP contribution in [0.15, 0.2) is 170 Å². The molecule has 1 nitrogen and oxygen atoms in total. The van der Waals surface area contributed by atoms with Crippen molar-refractivity contribution in [2.45, 2.75) is 13.8 Å². The molecule has 0 aromatic heterocycles. The Morgan fingerprint density at radius 2 is 0.804 bits per heavy atom. The molecule has 7 aromatic rings. The summed E-state index contributed by atoms with van der Waals surface area (Å²) in [5.74, 6) is 0. The van der Waals surface area contributed by atoms with Gasteiger partial charge in [0.1, 0.15) is 0 Å². The maximum atomic E-state index is 7.24. The van der Waals surface area contributed by atoms with Crippen molar-refractivity contribution in [2.75, 3.05) is 4.90 Å². The van der Waals surface area contributed by atoms with Crippen molar-refractivity contribution in [3.8, 4) is 0 Å². The first kappa shape index (κ1) is 33.1. The van der Waals surface area contributed by atoms with Gasteiger partial charge in [0.25, 0.3) is 0 Å². The van der Waals surface area contributed by atoms with Gasteiger partial charge in [-0.15, -0.1) is 0 Å². The quantitative estimate of drug-likeness (QED) is 0.166. The number of nitrogens with zero attached hydrogens (tertiary/aromatic N) is 1. The Morgan fingerprint density at radius 1 is 0.431 bits per heavy atom. The van der Waals surface area contributed by atoms with Gasteiger partial charge in [0.05, 0.1) is 17.1 Å². The first-order valence-electron chi connectivity index (χ1n) is 17.0. The highest BCUT2D eigenvalue weighted by Crippen LogP contribution is 2.61. The minimum atomic E-state index is -2.63. The Balaban J connectivity index is 1.51. The standard InChI is InChI=1S/C44H34NP3S3/c1-31-23-25-38-40(27-31)47(50,35-19-11-5-12-20-35)42-29-37(46(49,33-15-7-3-8-16-33)34-17-9-4-10-18-34)30-43-44(42)45(38)39-26-24-32(2)28-41(39)48(43,51)36-21-13-6-14-22-36/h3-30H,1-2H3. The second-order valence-corrected chi connectivity index (χ2v) is 26.4. The van der Waals surface area contributed by atoms with E-state index in [1.165, 1.54) is 43.0 Å². The van der Waals surface area contributed by atoms with Crippen molar-refractivity contribution < 1.29 is 0 Å². The molecule has 0 fully saturated rings. The molecule has 2 heterocycles. The molecule has 0 saturated carbocycles. The fourth-order valence-corrected chi connectivity index (χ4v) is 20.6. The van der Waals surface area contributed by atoms with E-state index in [1.54, 1.807) is 0 Å². The maximum Gasteiger partial charge on any atom is 0.0644 e. The predicted octanol–water partition coefficient (Wildman–Crippen LogP) is 7.67. The molecule has 0 N–H and O–H groups in total. The van der Waals surface area contributed by atoms with Crippen LogP contribution in [0.3, 0.4) is 0 Å². The minimum Gasteiger partial charge on any atom is -0.308 e. The average Bonchev–Trinajstić information content (AvgIpc) is 3.18. The van der Waals surface area contributed by atoms with Gasteiger partial charge in [-0.05, 0) is 76.8 Å². The molecule has 0 amide bonds. The van der Waals surface area contributed by atoms with Gasteiger partial charge in [-0.1, -0.05) is 180 Å². The second kappa shape index (κ2) is 12.5. The van der Waals surface area contributed by atoms with E-state index in [9.17, 15) is 0 Å². The third-order valence-corrected chi connectivity index (χ3v) is 24.9. The topological polar surface area (TPSA) is 3.24 Å². The fourth-order valence-electron chi connectivity index (χ4n) is 7.82. The number of fused-ring (bicyclic) bond motifs is 4. The minimum absolute atomic E-state index is 1.14. The molecule has 51 heavy (non-hydrogen) atoms. The SMILES string of the molecule is Cc1ccc2c(c1)P(=S)(c1ccccc1)c1cc(P(=S)(c3ccccc3)c3ccccc3)cc3c1N2c1ccc(C)cc1P3(=S)c1ccccc1. The van der Waals surface area contributed by atoms with Crippen LogP contribution in [0.25, 0.3) is 0 Å². The number of hydrogen-bond acceptors (Lipinski definition) is 4. The fraction of sp³-hybridized carbons (Fsp3) is 0.0455. The number of rotatable bonds is 5. The first-order chi connectivity index (χ1) is 24.8. The van der Waals surface area contributed by atoms with Crippen molar-refractivity contribution >= 4 is 118 Å². The molecule has 0 spiro atoms. The maximum absolute atomic E-state index is 7.24. The number of anilines is 3. The van der Waals surface area contributed by atoms with Crippen molar-refractivity contribution in [1.82, 2.24) is 0 Å². The van der Waals surface area contributed by atoms with Crippen LogP contribution in [0.5, 0.6) is 0 Å². The summed E-state index contributed by atoms with van der Waals surface area (Å²) in [5.41, 5.74) is 5.87. The van der Waals surface area contributed by atoms with E-state index in [-0.39, 0.29) is 0 Å². The smallest absolute Gasteiger partial charge is 0.0644 e. The van der Waals surface area contributed by atoms with Gasteiger partial charge >= 0.3 is 0 Å². The van der Waals surface area contributed by atoms with Crippen molar-refractivity contribution in [3.63, 3.8) is 0 Å². The molecule has 2 aliphatic rings. The molecule has 7 heteroatoms. The Labute approximate surface area is 316 Å². The normalized spacial score (nSPS) is 18.7. The number of aryl methyl sites for hydroxylation is 2. The molecule has 248 valence electrons. The molecule has 2 atom stereocenters. The summed E-state index contributed by atoms with van der Waals surface area (Å²) in [5, 5.41) is 10.6.